The maximum Gasteiger partial charge on any atom is 0.237 e. The summed E-state index contributed by atoms with van der Waals surface area (Å²) in [5.41, 5.74) is 5.54. The summed E-state index contributed by atoms with van der Waals surface area (Å²) >= 11 is 0. The average Bonchev–Trinajstić information content (AvgIpc) is 2.69. The minimum absolute atomic E-state index is 0.0416. The molecule has 4 N–H and O–H groups in total. The van der Waals surface area contributed by atoms with Crippen molar-refractivity contribution in [1.82, 2.24) is 10.6 Å². The van der Waals surface area contributed by atoms with Crippen LogP contribution in [0.5, 0.6) is 0 Å². The fraction of sp³-hybridized carbons (Fsp3) is 0.889. The Balaban J connectivity index is 1.71. The number of nitrogens with one attached hydrogen (secondary N) is 2. The molecule has 0 bridgehead atoms. The van der Waals surface area contributed by atoms with Gasteiger partial charge in [0.15, 0.2) is 0 Å². The Labute approximate surface area is 78.2 Å². The number of carbonyl (C=O) groups excluding carboxylic acids is 1. The number of carbonyl (C=O) groups is 1. The zero-order valence-electron chi connectivity index (χ0n) is 7.92. The van der Waals surface area contributed by atoms with Gasteiger partial charge in [-0.2, -0.15) is 0 Å². The molecule has 0 radical (unpaired) electrons. The predicted octanol–water partition coefficient (Wildman–Crippen LogP) is -0.800. The third-order valence-corrected chi connectivity index (χ3v) is 2.79. The van der Waals surface area contributed by atoms with Crippen LogP contribution in [0.4, 0.5) is 0 Å². The van der Waals surface area contributed by atoms with Gasteiger partial charge >= 0.3 is 0 Å². The van der Waals surface area contributed by atoms with Gasteiger partial charge in [0.2, 0.25) is 5.91 Å². The summed E-state index contributed by atoms with van der Waals surface area (Å²) in [5.74, 6) is 0.885. The van der Waals surface area contributed by atoms with Crippen LogP contribution in [0.3, 0.4) is 0 Å². The highest BCUT2D eigenvalue weighted by atomic mass is 16.2. The molecule has 2 rings (SSSR count). The Morgan fingerprint density at radius 3 is 3.00 bits per heavy atom. The van der Waals surface area contributed by atoms with Crippen LogP contribution in [0, 0.1) is 5.92 Å². The Bertz CT molecular complexity index is 207. The number of fused-ring (bicyclic) bond motifs is 1. The molecule has 4 nitrogen and oxygen atoms in total. The van der Waals surface area contributed by atoms with Gasteiger partial charge in [0.1, 0.15) is 0 Å². The summed E-state index contributed by atoms with van der Waals surface area (Å²) in [7, 11) is 0. The standard InChI is InChI=1S/C9H17N3O/c1-5(10)4-11-9(13)8-3-6-2-7(6)12-8/h5-8,12H,2-4,10H2,1H3,(H,11,13)/t5?,6-,7-,8-/m0/s1. The monoisotopic (exact) mass is 183 g/mol. The van der Waals surface area contributed by atoms with E-state index in [0.29, 0.717) is 12.6 Å². The number of amides is 1. The number of hydrogen-bond donors (Lipinski definition) is 3. The van der Waals surface area contributed by atoms with Crippen molar-refractivity contribution < 1.29 is 4.79 Å². The van der Waals surface area contributed by atoms with E-state index in [2.05, 4.69) is 10.6 Å². The normalized spacial score (nSPS) is 38.2. The average molecular weight is 183 g/mol. The molecule has 4 heteroatoms. The van der Waals surface area contributed by atoms with E-state index >= 15 is 0 Å². The summed E-state index contributed by atoms with van der Waals surface area (Å²) in [4.78, 5) is 11.5. The van der Waals surface area contributed by atoms with Crippen LogP contribution in [-0.2, 0) is 4.79 Å². The Hall–Kier alpha value is -0.610. The molecule has 1 heterocycles. The summed E-state index contributed by atoms with van der Waals surface area (Å²) in [6.45, 7) is 2.46. The lowest BCUT2D eigenvalue weighted by atomic mass is 10.1. The predicted molar refractivity (Wildman–Crippen MR) is 50.1 cm³/mol. The van der Waals surface area contributed by atoms with Gasteiger partial charge in [0.05, 0.1) is 6.04 Å². The van der Waals surface area contributed by atoms with Gasteiger partial charge in [-0.05, 0) is 25.7 Å². The van der Waals surface area contributed by atoms with Gasteiger partial charge in [0, 0.05) is 18.6 Å². The molecule has 2 aliphatic rings. The molecule has 1 amide bonds. The summed E-state index contributed by atoms with van der Waals surface area (Å²) in [6.07, 6.45) is 2.27. The van der Waals surface area contributed by atoms with Crippen LogP contribution < -0.4 is 16.4 Å². The molecule has 0 aromatic carbocycles. The second-order valence-electron chi connectivity index (χ2n) is 4.28. The van der Waals surface area contributed by atoms with Crippen LogP contribution >= 0.6 is 0 Å². The zero-order chi connectivity index (χ0) is 9.42. The summed E-state index contributed by atoms with van der Waals surface area (Å²) in [6, 6.07) is 0.716. The topological polar surface area (TPSA) is 67.1 Å². The molecule has 1 saturated carbocycles. The van der Waals surface area contributed by atoms with E-state index < -0.39 is 0 Å². The van der Waals surface area contributed by atoms with Crippen molar-refractivity contribution in [3.8, 4) is 0 Å². The third kappa shape index (κ3) is 2.00. The highest BCUT2D eigenvalue weighted by Gasteiger charge is 2.47. The Morgan fingerprint density at radius 2 is 2.46 bits per heavy atom. The first-order valence-electron chi connectivity index (χ1n) is 4.96. The second-order valence-corrected chi connectivity index (χ2v) is 4.28. The van der Waals surface area contributed by atoms with Gasteiger partial charge < -0.3 is 16.4 Å². The molecule has 2 fully saturated rings. The van der Waals surface area contributed by atoms with Crippen molar-refractivity contribution >= 4 is 5.91 Å². The molecule has 0 spiro atoms. The second kappa shape index (κ2) is 3.27. The van der Waals surface area contributed by atoms with Crippen molar-refractivity contribution in [1.29, 1.82) is 0 Å². The first-order chi connectivity index (χ1) is 6.16. The van der Waals surface area contributed by atoms with Crippen molar-refractivity contribution in [3.05, 3.63) is 0 Å². The largest absolute Gasteiger partial charge is 0.353 e. The molecule has 4 atom stereocenters. The number of rotatable bonds is 3. The number of nitrogens with two attached hydrogens (primary N) is 1. The van der Waals surface area contributed by atoms with Gasteiger partial charge in [-0.25, -0.2) is 0 Å². The first kappa shape index (κ1) is 8.97. The van der Waals surface area contributed by atoms with E-state index in [1.54, 1.807) is 0 Å². The van der Waals surface area contributed by atoms with Gasteiger partial charge in [-0.3, -0.25) is 4.79 Å². The maximum absolute atomic E-state index is 11.5. The molecule has 1 aliphatic carbocycles. The molecular formula is C9H17N3O. The van der Waals surface area contributed by atoms with E-state index in [0.717, 1.165) is 12.3 Å². The fourth-order valence-electron chi connectivity index (χ4n) is 1.91. The van der Waals surface area contributed by atoms with Gasteiger partial charge in [0.25, 0.3) is 0 Å². The molecule has 13 heavy (non-hydrogen) atoms. The lowest BCUT2D eigenvalue weighted by Crippen LogP contribution is -2.45. The van der Waals surface area contributed by atoms with Crippen LogP contribution in [0.2, 0.25) is 0 Å². The van der Waals surface area contributed by atoms with E-state index in [4.69, 9.17) is 5.73 Å². The highest BCUT2D eigenvalue weighted by molar-refractivity contribution is 5.82. The Kier molecular flexibility index (Phi) is 2.26. The van der Waals surface area contributed by atoms with Crippen LogP contribution in [0.1, 0.15) is 19.8 Å². The minimum atomic E-state index is 0.0416. The maximum atomic E-state index is 11.5. The van der Waals surface area contributed by atoms with Crippen molar-refractivity contribution in [2.75, 3.05) is 6.54 Å². The summed E-state index contributed by atoms with van der Waals surface area (Å²) < 4.78 is 0. The lowest BCUT2D eigenvalue weighted by molar-refractivity contribution is -0.123. The molecule has 1 aliphatic heterocycles. The molecule has 1 saturated heterocycles. The van der Waals surface area contributed by atoms with Crippen LogP contribution in [0.25, 0.3) is 0 Å². The van der Waals surface area contributed by atoms with Crippen LogP contribution in [0.15, 0.2) is 0 Å². The van der Waals surface area contributed by atoms with Crippen molar-refractivity contribution in [2.24, 2.45) is 11.7 Å². The third-order valence-electron chi connectivity index (χ3n) is 2.79. The van der Waals surface area contributed by atoms with E-state index in [1.165, 1.54) is 6.42 Å². The lowest BCUT2D eigenvalue weighted by Gasteiger charge is -2.14. The molecule has 0 aromatic heterocycles. The van der Waals surface area contributed by atoms with E-state index in [9.17, 15) is 4.79 Å². The number of hydrogen-bond acceptors (Lipinski definition) is 3. The Morgan fingerprint density at radius 1 is 1.69 bits per heavy atom. The van der Waals surface area contributed by atoms with Crippen LogP contribution in [-0.4, -0.2) is 30.6 Å². The number of piperidine rings is 1. The minimum Gasteiger partial charge on any atom is -0.353 e. The smallest absolute Gasteiger partial charge is 0.237 e. The molecule has 1 unspecified atom stereocenters. The van der Waals surface area contributed by atoms with E-state index in [1.807, 2.05) is 6.92 Å². The SMILES string of the molecule is CC(N)CNC(=O)[C@@H]1C[C@@H]2C[C@@H]2N1. The quantitative estimate of drug-likeness (QED) is 0.536. The molecule has 74 valence electrons. The molecule has 0 aromatic rings. The highest BCUT2D eigenvalue weighted by Crippen LogP contribution is 2.40. The van der Waals surface area contributed by atoms with Gasteiger partial charge in [-0.1, -0.05) is 0 Å². The van der Waals surface area contributed by atoms with E-state index in [-0.39, 0.29) is 18.0 Å². The fourth-order valence-corrected chi connectivity index (χ4v) is 1.91. The summed E-state index contributed by atoms with van der Waals surface area (Å²) in [5, 5.41) is 6.14. The van der Waals surface area contributed by atoms with Gasteiger partial charge in [-0.15, -0.1) is 0 Å². The van der Waals surface area contributed by atoms with Crippen molar-refractivity contribution in [3.63, 3.8) is 0 Å². The molecular weight excluding hydrogens is 166 g/mol. The zero-order valence-corrected chi connectivity index (χ0v) is 7.92. The first-order valence-corrected chi connectivity index (χ1v) is 4.96. The van der Waals surface area contributed by atoms with Crippen molar-refractivity contribution in [2.45, 2.75) is 37.9 Å².